The second-order valence-electron chi connectivity index (χ2n) is 2.81. The molecule has 70 valence electrons. The highest BCUT2D eigenvalue weighted by atomic mass is 32.1. The minimum atomic E-state index is -0.384. The third kappa shape index (κ3) is 1.65. The van der Waals surface area contributed by atoms with Gasteiger partial charge in [0.05, 0.1) is 4.88 Å². The van der Waals surface area contributed by atoms with E-state index in [0.717, 1.165) is 11.1 Å². The minimum Gasteiger partial charge on any atom is -0.365 e. The molecule has 0 radical (unpaired) electrons. The molecule has 0 saturated carbocycles. The Labute approximate surface area is 85.2 Å². The van der Waals surface area contributed by atoms with E-state index in [2.05, 4.69) is 4.98 Å². The Morgan fingerprint density at radius 3 is 2.86 bits per heavy atom. The Morgan fingerprint density at radius 1 is 1.43 bits per heavy atom. The summed E-state index contributed by atoms with van der Waals surface area (Å²) in [5, 5.41) is 1.90. The molecule has 2 N–H and O–H groups in total. The monoisotopic (exact) mass is 204 g/mol. The van der Waals surface area contributed by atoms with E-state index in [9.17, 15) is 4.79 Å². The number of pyridine rings is 1. The number of hydrogen-bond acceptors (Lipinski definition) is 3. The topological polar surface area (TPSA) is 56.0 Å². The number of carbonyl (C=O) groups is 1. The van der Waals surface area contributed by atoms with Crippen molar-refractivity contribution in [3.05, 3.63) is 40.8 Å². The molecule has 3 nitrogen and oxygen atoms in total. The van der Waals surface area contributed by atoms with Crippen molar-refractivity contribution in [3.8, 4) is 11.1 Å². The van der Waals surface area contributed by atoms with Crippen LogP contribution in [0.25, 0.3) is 11.1 Å². The first-order valence-corrected chi connectivity index (χ1v) is 4.94. The number of hydrogen-bond donors (Lipinski definition) is 1. The maximum atomic E-state index is 10.9. The minimum absolute atomic E-state index is 0.384. The highest BCUT2D eigenvalue weighted by molar-refractivity contribution is 7.12. The molecule has 0 spiro atoms. The van der Waals surface area contributed by atoms with Gasteiger partial charge in [-0.1, -0.05) is 6.07 Å². The van der Waals surface area contributed by atoms with Gasteiger partial charge in [0, 0.05) is 18.0 Å². The van der Waals surface area contributed by atoms with E-state index in [-0.39, 0.29) is 5.91 Å². The molecule has 0 aliphatic heterocycles. The Balaban J connectivity index is 2.39. The summed E-state index contributed by atoms with van der Waals surface area (Å²) >= 11 is 1.35. The van der Waals surface area contributed by atoms with Crippen molar-refractivity contribution in [1.82, 2.24) is 4.98 Å². The van der Waals surface area contributed by atoms with Crippen LogP contribution in [0.1, 0.15) is 9.67 Å². The molecule has 0 atom stereocenters. The molecular formula is C10H8N2OS. The Bertz CT molecular complexity index is 450. The molecule has 0 bridgehead atoms. The normalized spacial score (nSPS) is 10.0. The van der Waals surface area contributed by atoms with Gasteiger partial charge in [-0.3, -0.25) is 9.78 Å². The molecule has 2 aromatic rings. The van der Waals surface area contributed by atoms with Gasteiger partial charge in [-0.15, -0.1) is 11.3 Å². The Hall–Kier alpha value is -1.68. The third-order valence-electron chi connectivity index (χ3n) is 1.84. The molecule has 0 aliphatic rings. The van der Waals surface area contributed by atoms with Crippen LogP contribution in [-0.2, 0) is 0 Å². The van der Waals surface area contributed by atoms with Crippen LogP contribution in [-0.4, -0.2) is 10.9 Å². The summed E-state index contributed by atoms with van der Waals surface area (Å²) in [6.45, 7) is 0. The lowest BCUT2D eigenvalue weighted by molar-refractivity contribution is 0.100. The van der Waals surface area contributed by atoms with E-state index in [1.807, 2.05) is 17.5 Å². The van der Waals surface area contributed by atoms with E-state index in [0.29, 0.717) is 4.88 Å². The molecule has 2 aromatic heterocycles. The summed E-state index contributed by atoms with van der Waals surface area (Å²) in [6, 6.07) is 5.58. The second-order valence-corrected chi connectivity index (χ2v) is 3.72. The molecule has 1 amide bonds. The van der Waals surface area contributed by atoms with Crippen LogP contribution >= 0.6 is 11.3 Å². The third-order valence-corrected chi connectivity index (χ3v) is 2.78. The molecule has 0 saturated heterocycles. The van der Waals surface area contributed by atoms with Crippen LogP contribution in [0.2, 0.25) is 0 Å². The number of primary amides is 1. The van der Waals surface area contributed by atoms with E-state index < -0.39 is 0 Å². The van der Waals surface area contributed by atoms with Crippen LogP contribution in [0, 0.1) is 0 Å². The highest BCUT2D eigenvalue weighted by Gasteiger charge is 2.05. The fourth-order valence-corrected chi connectivity index (χ4v) is 1.92. The summed E-state index contributed by atoms with van der Waals surface area (Å²) in [5.41, 5.74) is 7.14. The van der Waals surface area contributed by atoms with Crippen molar-refractivity contribution in [2.24, 2.45) is 5.73 Å². The van der Waals surface area contributed by atoms with Crippen LogP contribution in [0.4, 0.5) is 0 Å². The molecule has 0 unspecified atom stereocenters. The van der Waals surface area contributed by atoms with Gasteiger partial charge in [0.15, 0.2) is 0 Å². The number of amides is 1. The lowest BCUT2D eigenvalue weighted by Gasteiger charge is -1.93. The van der Waals surface area contributed by atoms with Gasteiger partial charge in [-0.2, -0.15) is 0 Å². The number of carbonyl (C=O) groups excluding carboxylic acids is 1. The van der Waals surface area contributed by atoms with Gasteiger partial charge in [-0.25, -0.2) is 0 Å². The van der Waals surface area contributed by atoms with E-state index in [1.54, 1.807) is 18.5 Å². The zero-order valence-electron chi connectivity index (χ0n) is 7.31. The lowest BCUT2D eigenvalue weighted by atomic mass is 10.1. The van der Waals surface area contributed by atoms with Gasteiger partial charge in [0.1, 0.15) is 0 Å². The lowest BCUT2D eigenvalue weighted by Crippen LogP contribution is -2.08. The first-order chi connectivity index (χ1) is 6.77. The summed E-state index contributed by atoms with van der Waals surface area (Å²) in [6.07, 6.45) is 3.47. The predicted molar refractivity (Wildman–Crippen MR) is 56.1 cm³/mol. The molecule has 0 aliphatic carbocycles. The number of nitrogens with zero attached hydrogens (tertiary/aromatic N) is 1. The predicted octanol–water partition coefficient (Wildman–Crippen LogP) is 1.91. The van der Waals surface area contributed by atoms with Crippen molar-refractivity contribution in [2.45, 2.75) is 0 Å². The molecule has 14 heavy (non-hydrogen) atoms. The van der Waals surface area contributed by atoms with E-state index in [4.69, 9.17) is 5.73 Å². The first kappa shape index (κ1) is 8.90. The van der Waals surface area contributed by atoms with Gasteiger partial charge >= 0.3 is 0 Å². The summed E-state index contributed by atoms with van der Waals surface area (Å²) < 4.78 is 0. The van der Waals surface area contributed by atoms with Crippen LogP contribution < -0.4 is 5.73 Å². The number of nitrogens with two attached hydrogens (primary N) is 1. The molecular weight excluding hydrogens is 196 g/mol. The van der Waals surface area contributed by atoms with Crippen LogP contribution in [0.15, 0.2) is 36.0 Å². The van der Waals surface area contributed by atoms with Crippen LogP contribution in [0.3, 0.4) is 0 Å². The maximum absolute atomic E-state index is 10.9. The average Bonchev–Trinajstić information content (AvgIpc) is 2.68. The average molecular weight is 204 g/mol. The molecule has 0 fully saturated rings. The van der Waals surface area contributed by atoms with Crippen LogP contribution in [0.5, 0.6) is 0 Å². The largest absolute Gasteiger partial charge is 0.365 e. The number of aromatic nitrogens is 1. The van der Waals surface area contributed by atoms with Gasteiger partial charge in [0.25, 0.3) is 5.91 Å². The zero-order valence-corrected chi connectivity index (χ0v) is 8.12. The van der Waals surface area contributed by atoms with Crippen molar-refractivity contribution in [1.29, 1.82) is 0 Å². The molecule has 2 heterocycles. The summed E-state index contributed by atoms with van der Waals surface area (Å²) in [4.78, 5) is 15.4. The molecule has 0 aromatic carbocycles. The van der Waals surface area contributed by atoms with Crippen molar-refractivity contribution >= 4 is 17.2 Å². The fraction of sp³-hybridized carbons (Fsp3) is 0. The zero-order chi connectivity index (χ0) is 9.97. The summed E-state index contributed by atoms with van der Waals surface area (Å²) in [5.74, 6) is -0.384. The smallest absolute Gasteiger partial charge is 0.258 e. The van der Waals surface area contributed by atoms with Crippen molar-refractivity contribution in [2.75, 3.05) is 0 Å². The van der Waals surface area contributed by atoms with Crippen molar-refractivity contribution in [3.63, 3.8) is 0 Å². The van der Waals surface area contributed by atoms with E-state index in [1.165, 1.54) is 11.3 Å². The van der Waals surface area contributed by atoms with Gasteiger partial charge in [-0.05, 0) is 23.1 Å². The summed E-state index contributed by atoms with van der Waals surface area (Å²) in [7, 11) is 0. The van der Waals surface area contributed by atoms with Gasteiger partial charge < -0.3 is 5.73 Å². The molecule has 4 heteroatoms. The quantitative estimate of drug-likeness (QED) is 0.812. The Kier molecular flexibility index (Phi) is 2.28. The second kappa shape index (κ2) is 3.59. The van der Waals surface area contributed by atoms with Crippen molar-refractivity contribution < 1.29 is 4.79 Å². The maximum Gasteiger partial charge on any atom is 0.258 e. The van der Waals surface area contributed by atoms with E-state index >= 15 is 0 Å². The first-order valence-electron chi connectivity index (χ1n) is 4.06. The SMILES string of the molecule is NC(=O)c1cc(-c2cccnc2)cs1. The highest BCUT2D eigenvalue weighted by Crippen LogP contribution is 2.24. The molecule has 2 rings (SSSR count). The standard InChI is InChI=1S/C10H8N2OS/c11-10(13)9-4-8(6-14-9)7-2-1-3-12-5-7/h1-6H,(H2,11,13). The number of thiophene rings is 1. The van der Waals surface area contributed by atoms with Gasteiger partial charge in [0.2, 0.25) is 0 Å². The number of rotatable bonds is 2. The Morgan fingerprint density at radius 2 is 2.29 bits per heavy atom. The fourth-order valence-electron chi connectivity index (χ4n) is 1.15.